The highest BCUT2D eigenvalue weighted by atomic mass is 32.2. The molecule has 1 aromatic carbocycles. The van der Waals surface area contributed by atoms with Crippen LogP contribution in [0.4, 0.5) is 0 Å². The minimum absolute atomic E-state index is 0.00443. The number of nitrogens with zero attached hydrogens (tertiary/aromatic N) is 4. The van der Waals surface area contributed by atoms with Crippen LogP contribution in [0, 0.1) is 0 Å². The molecule has 3 aliphatic heterocycles. The SMILES string of the molecule is c1cc2c(cc1C1=Nn3c(nnc3C3CCCO3)SC1)OCCO2. The van der Waals surface area contributed by atoms with Crippen LogP contribution in [0.15, 0.2) is 28.5 Å². The maximum absolute atomic E-state index is 5.74. The van der Waals surface area contributed by atoms with E-state index < -0.39 is 0 Å². The van der Waals surface area contributed by atoms with Crippen LogP contribution in [0.25, 0.3) is 0 Å². The molecular formula is C16H16N4O3S. The number of hydrogen-bond donors (Lipinski definition) is 0. The van der Waals surface area contributed by atoms with E-state index in [1.165, 1.54) is 0 Å². The fourth-order valence-electron chi connectivity index (χ4n) is 3.09. The van der Waals surface area contributed by atoms with Crippen LogP contribution in [-0.2, 0) is 4.74 Å². The van der Waals surface area contributed by atoms with Gasteiger partial charge in [0.2, 0.25) is 5.16 Å². The molecular weight excluding hydrogens is 328 g/mol. The molecule has 0 saturated carbocycles. The number of ether oxygens (including phenoxy) is 3. The average molecular weight is 344 g/mol. The summed E-state index contributed by atoms with van der Waals surface area (Å²) in [6.07, 6.45) is 2.02. The van der Waals surface area contributed by atoms with Gasteiger partial charge in [0.1, 0.15) is 19.3 Å². The summed E-state index contributed by atoms with van der Waals surface area (Å²) in [4.78, 5) is 0. The molecule has 1 atom stereocenters. The van der Waals surface area contributed by atoms with Crippen LogP contribution in [0.2, 0.25) is 0 Å². The highest BCUT2D eigenvalue weighted by molar-refractivity contribution is 7.99. The minimum atomic E-state index is -0.00443. The minimum Gasteiger partial charge on any atom is -0.486 e. The monoisotopic (exact) mass is 344 g/mol. The number of rotatable bonds is 2. The van der Waals surface area contributed by atoms with Gasteiger partial charge in [-0.25, -0.2) is 0 Å². The van der Waals surface area contributed by atoms with E-state index in [1.54, 1.807) is 11.8 Å². The van der Waals surface area contributed by atoms with E-state index in [0.717, 1.165) is 59.0 Å². The van der Waals surface area contributed by atoms with Crippen molar-refractivity contribution < 1.29 is 14.2 Å². The van der Waals surface area contributed by atoms with Crippen molar-refractivity contribution in [1.29, 1.82) is 0 Å². The third-order valence-electron chi connectivity index (χ3n) is 4.29. The quantitative estimate of drug-likeness (QED) is 0.832. The molecule has 1 unspecified atom stereocenters. The van der Waals surface area contributed by atoms with Gasteiger partial charge in [0.15, 0.2) is 17.3 Å². The number of aromatic nitrogens is 3. The lowest BCUT2D eigenvalue weighted by atomic mass is 10.1. The van der Waals surface area contributed by atoms with Gasteiger partial charge in [-0.15, -0.1) is 10.2 Å². The van der Waals surface area contributed by atoms with Crippen molar-refractivity contribution in [2.24, 2.45) is 5.10 Å². The molecule has 7 nitrogen and oxygen atoms in total. The molecule has 1 aromatic heterocycles. The standard InChI is InChI=1S/C16H16N4O3S/c1-2-13(21-5-1)15-17-18-16-20(15)19-11(9-24-16)10-3-4-12-14(8-10)23-7-6-22-12/h3-4,8,13H,1-2,5-7,9H2. The van der Waals surface area contributed by atoms with Gasteiger partial charge in [-0.2, -0.15) is 9.78 Å². The first kappa shape index (κ1) is 14.3. The smallest absolute Gasteiger partial charge is 0.212 e. The molecule has 0 N–H and O–H groups in total. The zero-order valence-corrected chi connectivity index (χ0v) is 13.8. The van der Waals surface area contributed by atoms with Crippen LogP contribution < -0.4 is 9.47 Å². The highest BCUT2D eigenvalue weighted by Crippen LogP contribution is 2.34. The Bertz CT molecular complexity index is 814. The zero-order valence-electron chi connectivity index (χ0n) is 13.0. The third-order valence-corrected chi connectivity index (χ3v) is 5.22. The fourth-order valence-corrected chi connectivity index (χ4v) is 3.93. The summed E-state index contributed by atoms with van der Waals surface area (Å²) in [5.41, 5.74) is 2.01. The summed E-state index contributed by atoms with van der Waals surface area (Å²) < 4.78 is 18.8. The summed E-state index contributed by atoms with van der Waals surface area (Å²) in [7, 11) is 0. The molecule has 8 heteroatoms. The van der Waals surface area contributed by atoms with Gasteiger partial charge in [-0.1, -0.05) is 11.8 Å². The highest BCUT2D eigenvalue weighted by Gasteiger charge is 2.28. The Labute approximate surface area is 143 Å². The molecule has 0 aliphatic carbocycles. The predicted octanol–water partition coefficient (Wildman–Crippen LogP) is 2.26. The average Bonchev–Trinajstić information content (AvgIpc) is 3.30. The van der Waals surface area contributed by atoms with Gasteiger partial charge in [0.05, 0.1) is 5.71 Å². The first-order valence-corrected chi connectivity index (χ1v) is 9.04. The molecule has 5 rings (SSSR count). The van der Waals surface area contributed by atoms with E-state index in [2.05, 4.69) is 10.2 Å². The predicted molar refractivity (Wildman–Crippen MR) is 88.0 cm³/mol. The molecule has 124 valence electrons. The summed E-state index contributed by atoms with van der Waals surface area (Å²) in [6, 6.07) is 5.96. The number of thioether (sulfide) groups is 1. The van der Waals surface area contributed by atoms with E-state index in [0.29, 0.717) is 13.2 Å². The van der Waals surface area contributed by atoms with Crippen LogP contribution in [0.5, 0.6) is 11.5 Å². The third kappa shape index (κ3) is 2.37. The molecule has 2 aromatic rings. The Kier molecular flexibility index (Phi) is 3.45. The van der Waals surface area contributed by atoms with Crippen molar-refractivity contribution in [1.82, 2.24) is 14.9 Å². The van der Waals surface area contributed by atoms with Gasteiger partial charge in [-0.05, 0) is 31.0 Å². The van der Waals surface area contributed by atoms with Gasteiger partial charge in [0, 0.05) is 17.9 Å². The van der Waals surface area contributed by atoms with Crippen LogP contribution in [-0.4, -0.2) is 46.2 Å². The van der Waals surface area contributed by atoms with E-state index in [-0.39, 0.29) is 6.10 Å². The second-order valence-electron chi connectivity index (χ2n) is 5.85. The number of hydrogen-bond acceptors (Lipinski definition) is 7. The van der Waals surface area contributed by atoms with Gasteiger partial charge in [-0.3, -0.25) is 0 Å². The molecule has 0 radical (unpaired) electrons. The Morgan fingerprint density at radius 3 is 2.88 bits per heavy atom. The van der Waals surface area contributed by atoms with Gasteiger partial charge < -0.3 is 14.2 Å². The van der Waals surface area contributed by atoms with Crippen molar-refractivity contribution in [3.05, 3.63) is 29.6 Å². The Morgan fingerprint density at radius 1 is 1.08 bits per heavy atom. The van der Waals surface area contributed by atoms with Crippen LogP contribution >= 0.6 is 11.8 Å². The maximum atomic E-state index is 5.74. The molecule has 0 bridgehead atoms. The lowest BCUT2D eigenvalue weighted by molar-refractivity contribution is 0.102. The van der Waals surface area contributed by atoms with E-state index >= 15 is 0 Å². The Morgan fingerprint density at radius 2 is 2.00 bits per heavy atom. The van der Waals surface area contributed by atoms with Gasteiger partial charge in [0.25, 0.3) is 0 Å². The van der Waals surface area contributed by atoms with E-state index in [4.69, 9.17) is 19.3 Å². The van der Waals surface area contributed by atoms with E-state index in [1.807, 2.05) is 22.9 Å². The fraction of sp³-hybridized carbons (Fsp3) is 0.438. The second kappa shape index (κ2) is 5.78. The maximum Gasteiger partial charge on any atom is 0.212 e. The van der Waals surface area contributed by atoms with E-state index in [9.17, 15) is 0 Å². The normalized spacial score (nSPS) is 22.2. The Balaban J connectivity index is 1.52. The summed E-state index contributed by atoms with van der Waals surface area (Å²) in [5.74, 6) is 3.12. The molecule has 3 aliphatic rings. The zero-order chi connectivity index (χ0) is 15.9. The molecule has 0 spiro atoms. The largest absolute Gasteiger partial charge is 0.486 e. The molecule has 0 amide bonds. The second-order valence-corrected chi connectivity index (χ2v) is 6.79. The van der Waals surface area contributed by atoms with Crippen molar-refractivity contribution in [3.8, 4) is 11.5 Å². The first-order valence-electron chi connectivity index (χ1n) is 8.06. The topological polar surface area (TPSA) is 70.8 Å². The van der Waals surface area contributed by atoms with Crippen molar-refractivity contribution in [3.63, 3.8) is 0 Å². The summed E-state index contributed by atoms with van der Waals surface area (Å²) in [6.45, 7) is 1.95. The molecule has 1 fully saturated rings. The molecule has 4 heterocycles. The number of fused-ring (bicyclic) bond motifs is 2. The first-order chi connectivity index (χ1) is 11.9. The summed E-state index contributed by atoms with van der Waals surface area (Å²) in [5, 5.41) is 14.1. The molecule has 24 heavy (non-hydrogen) atoms. The lowest BCUT2D eigenvalue weighted by Crippen LogP contribution is -2.18. The number of benzene rings is 1. The van der Waals surface area contributed by atoms with Crippen molar-refractivity contribution in [2.45, 2.75) is 24.1 Å². The van der Waals surface area contributed by atoms with Crippen molar-refractivity contribution >= 4 is 17.5 Å². The lowest BCUT2D eigenvalue weighted by Gasteiger charge is -2.20. The van der Waals surface area contributed by atoms with Crippen LogP contribution in [0.3, 0.4) is 0 Å². The Hall–Kier alpha value is -2.06. The van der Waals surface area contributed by atoms with Crippen LogP contribution in [0.1, 0.15) is 30.3 Å². The molecule has 1 saturated heterocycles. The van der Waals surface area contributed by atoms with Crippen molar-refractivity contribution in [2.75, 3.05) is 25.6 Å². The van der Waals surface area contributed by atoms with Gasteiger partial charge >= 0.3 is 0 Å². The summed E-state index contributed by atoms with van der Waals surface area (Å²) >= 11 is 1.64.